The smallest absolute Gasteiger partial charge is 0.409 e. The predicted molar refractivity (Wildman–Crippen MR) is 96.4 cm³/mol. The first-order valence-corrected chi connectivity index (χ1v) is 9.35. The zero-order valence-electron chi connectivity index (χ0n) is 14.7. The first-order chi connectivity index (χ1) is 11.7. The maximum atomic E-state index is 11.5. The maximum Gasteiger partial charge on any atom is 0.409 e. The standard InChI is InChI=1S/C16H27N5O2S/c1-4-14-19-13(11-24-14)10-18-15(17-5-2)20-12-6-8-21(9-7-12)16(22)23-3/h11-12H,4-10H2,1-3H3,(H2,17,18,20). The van der Waals surface area contributed by atoms with Crippen LogP contribution in [-0.2, 0) is 17.7 Å². The summed E-state index contributed by atoms with van der Waals surface area (Å²) in [6, 6.07) is 0.311. The number of aromatic nitrogens is 1. The summed E-state index contributed by atoms with van der Waals surface area (Å²) in [5.74, 6) is 0.806. The van der Waals surface area contributed by atoms with Crippen molar-refractivity contribution < 1.29 is 9.53 Å². The van der Waals surface area contributed by atoms with Crippen LogP contribution >= 0.6 is 11.3 Å². The number of piperidine rings is 1. The summed E-state index contributed by atoms with van der Waals surface area (Å²) in [5, 5.41) is 9.95. The van der Waals surface area contributed by atoms with Gasteiger partial charge in [0.05, 0.1) is 24.4 Å². The molecule has 0 saturated carbocycles. The van der Waals surface area contributed by atoms with E-state index in [1.165, 1.54) is 7.11 Å². The molecule has 2 N–H and O–H groups in total. The summed E-state index contributed by atoms with van der Waals surface area (Å²) < 4.78 is 4.77. The van der Waals surface area contributed by atoms with Crippen molar-refractivity contribution in [3.05, 3.63) is 16.1 Å². The van der Waals surface area contributed by atoms with Crippen molar-refractivity contribution in [1.82, 2.24) is 20.5 Å². The van der Waals surface area contributed by atoms with Gasteiger partial charge in [0, 0.05) is 31.1 Å². The van der Waals surface area contributed by atoms with E-state index in [1.807, 2.05) is 0 Å². The summed E-state index contributed by atoms with van der Waals surface area (Å²) in [5.41, 5.74) is 1.01. The minimum absolute atomic E-state index is 0.246. The Hall–Kier alpha value is -1.83. The number of likely N-dealkylation sites (tertiary alicyclic amines) is 1. The normalized spacial score (nSPS) is 16.1. The lowest BCUT2D eigenvalue weighted by Gasteiger charge is -2.32. The number of hydrogen-bond donors (Lipinski definition) is 2. The van der Waals surface area contributed by atoms with Crippen LogP contribution in [0.2, 0.25) is 0 Å². The number of aryl methyl sites for hydroxylation is 1. The molecule has 0 spiro atoms. The Bertz CT molecular complexity index is 552. The number of ether oxygens (including phenoxy) is 1. The van der Waals surface area contributed by atoms with E-state index in [0.717, 1.165) is 42.5 Å². The minimum Gasteiger partial charge on any atom is -0.453 e. The van der Waals surface area contributed by atoms with Crippen LogP contribution in [-0.4, -0.2) is 54.7 Å². The highest BCUT2D eigenvalue weighted by Crippen LogP contribution is 2.12. The van der Waals surface area contributed by atoms with Gasteiger partial charge in [-0.05, 0) is 26.2 Å². The van der Waals surface area contributed by atoms with Crippen LogP contribution in [0, 0.1) is 0 Å². The van der Waals surface area contributed by atoms with Crippen molar-refractivity contribution in [3.8, 4) is 0 Å². The Morgan fingerprint density at radius 1 is 1.46 bits per heavy atom. The third kappa shape index (κ3) is 5.36. The molecule has 7 nitrogen and oxygen atoms in total. The van der Waals surface area contributed by atoms with Crippen molar-refractivity contribution in [3.63, 3.8) is 0 Å². The fourth-order valence-electron chi connectivity index (χ4n) is 2.59. The fraction of sp³-hybridized carbons (Fsp3) is 0.688. The molecule has 134 valence electrons. The number of methoxy groups -OCH3 is 1. The van der Waals surface area contributed by atoms with Gasteiger partial charge in [0.25, 0.3) is 0 Å². The second-order valence-corrected chi connectivity index (χ2v) is 6.60. The van der Waals surface area contributed by atoms with E-state index in [1.54, 1.807) is 16.2 Å². The highest BCUT2D eigenvalue weighted by molar-refractivity contribution is 7.09. The number of nitrogens with one attached hydrogen (secondary N) is 2. The van der Waals surface area contributed by atoms with Gasteiger partial charge in [-0.25, -0.2) is 14.8 Å². The molecular formula is C16H27N5O2S. The van der Waals surface area contributed by atoms with Crippen molar-refractivity contribution in [2.24, 2.45) is 4.99 Å². The van der Waals surface area contributed by atoms with Gasteiger partial charge >= 0.3 is 6.09 Å². The Labute approximate surface area is 147 Å². The number of carbonyl (C=O) groups is 1. The van der Waals surface area contributed by atoms with Gasteiger partial charge in [-0.15, -0.1) is 11.3 Å². The maximum absolute atomic E-state index is 11.5. The van der Waals surface area contributed by atoms with E-state index >= 15 is 0 Å². The van der Waals surface area contributed by atoms with E-state index in [4.69, 9.17) is 4.74 Å². The third-order valence-corrected chi connectivity index (χ3v) is 4.96. The molecule has 1 aliphatic heterocycles. The van der Waals surface area contributed by atoms with E-state index < -0.39 is 0 Å². The zero-order chi connectivity index (χ0) is 17.4. The number of thiazole rings is 1. The molecule has 0 atom stereocenters. The summed E-state index contributed by atoms with van der Waals surface area (Å²) in [7, 11) is 1.42. The molecule has 2 rings (SSSR count). The van der Waals surface area contributed by atoms with E-state index in [2.05, 4.69) is 39.8 Å². The number of guanidine groups is 1. The van der Waals surface area contributed by atoms with Crippen LogP contribution in [0.4, 0.5) is 4.79 Å². The van der Waals surface area contributed by atoms with Crippen LogP contribution in [0.5, 0.6) is 0 Å². The highest BCUT2D eigenvalue weighted by atomic mass is 32.1. The van der Waals surface area contributed by atoms with Gasteiger partial charge in [0.15, 0.2) is 5.96 Å². The largest absolute Gasteiger partial charge is 0.453 e. The van der Waals surface area contributed by atoms with E-state index in [0.29, 0.717) is 25.7 Å². The Balaban J connectivity index is 1.86. The van der Waals surface area contributed by atoms with Gasteiger partial charge < -0.3 is 20.3 Å². The van der Waals surface area contributed by atoms with Gasteiger partial charge in [0.1, 0.15) is 0 Å². The molecule has 1 aliphatic rings. The average Bonchev–Trinajstić information content (AvgIpc) is 3.08. The molecular weight excluding hydrogens is 326 g/mol. The lowest BCUT2D eigenvalue weighted by atomic mass is 10.1. The van der Waals surface area contributed by atoms with Crippen LogP contribution in [0.25, 0.3) is 0 Å². The second-order valence-electron chi connectivity index (χ2n) is 5.66. The molecule has 1 aromatic rings. The van der Waals surface area contributed by atoms with Gasteiger partial charge in [-0.1, -0.05) is 6.92 Å². The number of aliphatic imine (C=N–C) groups is 1. The number of hydrogen-bond acceptors (Lipinski definition) is 5. The Morgan fingerprint density at radius 2 is 2.21 bits per heavy atom. The molecule has 2 heterocycles. The number of rotatable bonds is 5. The Morgan fingerprint density at radius 3 is 2.79 bits per heavy atom. The lowest BCUT2D eigenvalue weighted by Crippen LogP contribution is -2.49. The molecule has 0 radical (unpaired) electrons. The monoisotopic (exact) mass is 353 g/mol. The first kappa shape index (κ1) is 18.5. The molecule has 8 heteroatoms. The molecule has 1 saturated heterocycles. The van der Waals surface area contributed by atoms with Gasteiger partial charge in [0.2, 0.25) is 0 Å². The summed E-state index contributed by atoms with van der Waals surface area (Å²) in [4.78, 5) is 22.4. The fourth-order valence-corrected chi connectivity index (χ4v) is 3.33. The van der Waals surface area contributed by atoms with Crippen molar-refractivity contribution in [2.45, 2.75) is 45.7 Å². The van der Waals surface area contributed by atoms with Gasteiger partial charge in [-0.2, -0.15) is 0 Å². The third-order valence-electron chi connectivity index (χ3n) is 3.91. The van der Waals surface area contributed by atoms with Crippen LogP contribution < -0.4 is 10.6 Å². The first-order valence-electron chi connectivity index (χ1n) is 8.47. The number of amides is 1. The van der Waals surface area contributed by atoms with E-state index in [-0.39, 0.29) is 6.09 Å². The van der Waals surface area contributed by atoms with Crippen LogP contribution in [0.3, 0.4) is 0 Å². The average molecular weight is 353 g/mol. The molecule has 1 fully saturated rings. The molecule has 24 heavy (non-hydrogen) atoms. The molecule has 1 amide bonds. The highest BCUT2D eigenvalue weighted by Gasteiger charge is 2.23. The molecule has 0 aliphatic carbocycles. The number of carbonyl (C=O) groups excluding carboxylic acids is 1. The van der Waals surface area contributed by atoms with Crippen LogP contribution in [0.1, 0.15) is 37.4 Å². The summed E-state index contributed by atoms with van der Waals surface area (Å²) in [6.45, 7) is 6.95. The molecule has 0 bridgehead atoms. The molecule has 0 unspecified atom stereocenters. The summed E-state index contributed by atoms with van der Waals surface area (Å²) >= 11 is 1.68. The molecule has 1 aromatic heterocycles. The topological polar surface area (TPSA) is 78.9 Å². The lowest BCUT2D eigenvalue weighted by molar-refractivity contribution is 0.111. The van der Waals surface area contributed by atoms with Crippen LogP contribution in [0.15, 0.2) is 10.4 Å². The van der Waals surface area contributed by atoms with Crippen molar-refractivity contribution in [2.75, 3.05) is 26.7 Å². The second kappa shape index (κ2) is 9.46. The SMILES string of the molecule is CCNC(=NCc1csc(CC)n1)NC1CCN(C(=O)OC)CC1. The van der Waals surface area contributed by atoms with E-state index in [9.17, 15) is 4.79 Å². The van der Waals surface area contributed by atoms with Gasteiger partial charge in [-0.3, -0.25) is 0 Å². The van der Waals surface area contributed by atoms with Crippen molar-refractivity contribution in [1.29, 1.82) is 0 Å². The zero-order valence-corrected chi connectivity index (χ0v) is 15.5. The quantitative estimate of drug-likeness (QED) is 0.625. The Kier molecular flexibility index (Phi) is 7.30. The number of nitrogens with zero attached hydrogens (tertiary/aromatic N) is 3. The minimum atomic E-state index is -0.246. The predicted octanol–water partition coefficient (Wildman–Crippen LogP) is 1.99. The molecule has 0 aromatic carbocycles. The summed E-state index contributed by atoms with van der Waals surface area (Å²) in [6.07, 6.45) is 2.49. The van der Waals surface area contributed by atoms with Crippen molar-refractivity contribution >= 4 is 23.4 Å².